The monoisotopic (exact) mass is 773 g/mol. The molecule has 3 aliphatic heterocycles. The number of carbonyl (C=O) groups excluding carboxylic acids is 2. The van der Waals surface area contributed by atoms with Crippen molar-refractivity contribution in [3.05, 3.63) is 76.5 Å². The van der Waals surface area contributed by atoms with Gasteiger partial charge in [0.2, 0.25) is 17.8 Å². The van der Waals surface area contributed by atoms with Crippen molar-refractivity contribution in [2.24, 2.45) is 7.05 Å². The molecule has 0 radical (unpaired) electrons. The average Bonchev–Trinajstić information content (AvgIpc) is 3.71. The molecule has 3 N–H and O–H groups in total. The fourth-order valence-corrected chi connectivity index (χ4v) is 8.39. The minimum atomic E-state index is -4.23. The summed E-state index contributed by atoms with van der Waals surface area (Å²) in [7, 11) is 1.70. The highest BCUT2D eigenvalue weighted by Gasteiger charge is 2.32. The number of nitrogens with zero attached hydrogens (tertiary/aromatic N) is 6. The van der Waals surface area contributed by atoms with E-state index in [4.69, 9.17) is 4.74 Å². The molecule has 56 heavy (non-hydrogen) atoms. The molecule has 3 aliphatic rings. The first-order chi connectivity index (χ1) is 27.0. The van der Waals surface area contributed by atoms with Crippen molar-refractivity contribution < 1.29 is 27.5 Å². The smallest absolute Gasteiger partial charge is 0.373 e. The number of aromatic nitrogens is 5. The number of imidazole rings is 1. The number of piperidine rings is 3. The van der Waals surface area contributed by atoms with Crippen LogP contribution in [0.4, 0.5) is 19.1 Å². The molecule has 8 rings (SSSR count). The maximum absolute atomic E-state index is 13.1. The molecular weight excluding hydrogens is 727 g/mol. The van der Waals surface area contributed by atoms with E-state index in [-0.39, 0.29) is 36.6 Å². The number of carbonyl (C=O) groups is 2. The summed E-state index contributed by atoms with van der Waals surface area (Å²) in [5, 5.41) is 5.80. The predicted molar refractivity (Wildman–Crippen MR) is 205 cm³/mol. The molecule has 0 spiro atoms. The quantitative estimate of drug-likeness (QED) is 0.153. The molecule has 6 heterocycles. The van der Waals surface area contributed by atoms with Gasteiger partial charge in [-0.05, 0) is 74.0 Å². The number of aryl methyl sites for hydroxylation is 1. The van der Waals surface area contributed by atoms with E-state index in [2.05, 4.69) is 59.7 Å². The summed E-state index contributed by atoms with van der Waals surface area (Å²) < 4.78 is 46.9. The van der Waals surface area contributed by atoms with Gasteiger partial charge in [0.15, 0.2) is 0 Å². The molecule has 3 saturated heterocycles. The average molecular weight is 774 g/mol. The van der Waals surface area contributed by atoms with Gasteiger partial charge in [-0.15, -0.1) is 0 Å². The van der Waals surface area contributed by atoms with Crippen molar-refractivity contribution >= 4 is 39.8 Å². The number of rotatable bonds is 11. The van der Waals surface area contributed by atoms with Crippen molar-refractivity contribution in [2.45, 2.75) is 82.5 Å². The molecule has 2 amide bonds. The number of anilines is 1. The molecule has 1 atom stereocenters. The van der Waals surface area contributed by atoms with Crippen LogP contribution < -0.4 is 16.3 Å². The second-order valence-corrected chi connectivity index (χ2v) is 15.2. The largest absolute Gasteiger partial charge is 0.390 e. The molecule has 13 nitrogen and oxygen atoms in total. The van der Waals surface area contributed by atoms with Crippen molar-refractivity contribution in [1.82, 2.24) is 39.2 Å². The summed E-state index contributed by atoms with van der Waals surface area (Å²) in [4.78, 5) is 54.1. The van der Waals surface area contributed by atoms with Gasteiger partial charge in [-0.25, -0.2) is 9.78 Å². The fourth-order valence-electron chi connectivity index (χ4n) is 8.39. The van der Waals surface area contributed by atoms with Crippen LogP contribution in [0.2, 0.25) is 0 Å². The second kappa shape index (κ2) is 15.8. The second-order valence-electron chi connectivity index (χ2n) is 15.2. The Morgan fingerprint density at radius 3 is 2.41 bits per heavy atom. The van der Waals surface area contributed by atoms with Crippen molar-refractivity contribution in [1.29, 1.82) is 0 Å². The molecule has 0 bridgehead atoms. The standard InChI is InChI=1S/C40H46F3N9O4/c1-49-34-20-26(4-7-32(34)52(39(49)55)33-8-9-35(53)47-37(33)54)24-56-29-12-18-51(19-13-29)28-10-16-50(17-11-28)23-25-2-5-27(6-3-25)30-21-45-36-31(30)22-46-38(48-36)44-15-14-40(41,42)43/h2-7,20-22,28-29,33H,8-19,23-24H2,1H3,(H,47,53,54)(H2,44,45,46,48)/t33-/m0/s1. The van der Waals surface area contributed by atoms with Crippen molar-refractivity contribution in [3.63, 3.8) is 0 Å². The number of nitrogens with one attached hydrogen (secondary N) is 3. The number of hydrogen-bond acceptors (Lipinski definition) is 9. The summed E-state index contributed by atoms with van der Waals surface area (Å²) in [5.41, 5.74) is 5.87. The third kappa shape index (κ3) is 8.22. The van der Waals surface area contributed by atoms with E-state index in [9.17, 15) is 27.6 Å². The van der Waals surface area contributed by atoms with Crippen LogP contribution in [0.25, 0.3) is 33.2 Å². The lowest BCUT2D eigenvalue weighted by molar-refractivity contribution is -0.136. The zero-order chi connectivity index (χ0) is 39.0. The Hall–Kier alpha value is -5.06. The first-order valence-corrected chi connectivity index (χ1v) is 19.3. The Bertz CT molecular complexity index is 2270. The highest BCUT2D eigenvalue weighted by Crippen LogP contribution is 2.30. The number of halogens is 3. The number of aromatic amines is 1. The highest BCUT2D eigenvalue weighted by atomic mass is 19.4. The van der Waals surface area contributed by atoms with Gasteiger partial charge < -0.3 is 19.9 Å². The third-order valence-electron chi connectivity index (χ3n) is 11.5. The zero-order valence-corrected chi connectivity index (χ0v) is 31.3. The summed E-state index contributed by atoms with van der Waals surface area (Å²) >= 11 is 0. The van der Waals surface area contributed by atoms with Gasteiger partial charge in [0, 0.05) is 69.0 Å². The van der Waals surface area contributed by atoms with Crippen molar-refractivity contribution in [2.75, 3.05) is 38.0 Å². The van der Waals surface area contributed by atoms with Crippen LogP contribution in [-0.2, 0) is 34.5 Å². The number of H-pyrrole nitrogens is 1. The van der Waals surface area contributed by atoms with Gasteiger partial charge >= 0.3 is 11.9 Å². The van der Waals surface area contributed by atoms with E-state index in [0.29, 0.717) is 30.2 Å². The van der Waals surface area contributed by atoms with Crippen LogP contribution in [0.5, 0.6) is 0 Å². The maximum Gasteiger partial charge on any atom is 0.390 e. The van der Waals surface area contributed by atoms with E-state index in [1.165, 1.54) is 10.1 Å². The van der Waals surface area contributed by atoms with E-state index in [1.807, 2.05) is 24.4 Å². The molecule has 0 unspecified atom stereocenters. The number of imide groups is 1. The van der Waals surface area contributed by atoms with Gasteiger partial charge in [-0.2, -0.15) is 18.2 Å². The third-order valence-corrected chi connectivity index (χ3v) is 11.5. The van der Waals surface area contributed by atoms with Gasteiger partial charge in [0.05, 0.1) is 30.2 Å². The van der Waals surface area contributed by atoms with Crippen LogP contribution in [-0.4, -0.2) is 96.7 Å². The first-order valence-electron chi connectivity index (χ1n) is 19.3. The van der Waals surface area contributed by atoms with E-state index < -0.39 is 24.5 Å². The fraction of sp³-hybridized carbons (Fsp3) is 0.475. The topological polar surface area (TPSA) is 142 Å². The van der Waals surface area contributed by atoms with Crippen LogP contribution in [0.15, 0.2) is 59.7 Å². The molecule has 3 aromatic heterocycles. The number of fused-ring (bicyclic) bond motifs is 2. The molecule has 16 heteroatoms. The van der Waals surface area contributed by atoms with E-state index >= 15 is 0 Å². The summed E-state index contributed by atoms with van der Waals surface area (Å²) in [5.74, 6) is -0.588. The Kier molecular flexibility index (Phi) is 10.7. The minimum absolute atomic E-state index is 0.161. The summed E-state index contributed by atoms with van der Waals surface area (Å²) in [6.45, 7) is 5.15. The van der Waals surface area contributed by atoms with Crippen LogP contribution in [0.3, 0.4) is 0 Å². The normalized spacial score (nSPS) is 19.6. The number of benzene rings is 2. The van der Waals surface area contributed by atoms with Crippen LogP contribution >= 0.6 is 0 Å². The highest BCUT2D eigenvalue weighted by molar-refractivity contribution is 6.00. The van der Waals surface area contributed by atoms with Gasteiger partial charge in [-0.3, -0.25) is 28.9 Å². The zero-order valence-electron chi connectivity index (χ0n) is 31.3. The molecule has 2 aromatic carbocycles. The summed E-state index contributed by atoms with van der Waals surface area (Å²) in [6.07, 6.45) is 3.19. The Balaban J connectivity index is 0.781. The van der Waals surface area contributed by atoms with Crippen LogP contribution in [0, 0.1) is 0 Å². The maximum atomic E-state index is 13.1. The number of hydrogen-bond donors (Lipinski definition) is 3. The van der Waals surface area contributed by atoms with E-state index in [0.717, 1.165) is 86.0 Å². The number of alkyl halides is 3. The lowest BCUT2D eigenvalue weighted by Crippen LogP contribution is -2.48. The molecular formula is C40H46F3N9O4. The molecule has 5 aromatic rings. The lowest BCUT2D eigenvalue weighted by Gasteiger charge is -2.41. The molecule has 0 aliphatic carbocycles. The van der Waals surface area contributed by atoms with Gasteiger partial charge in [0.25, 0.3) is 0 Å². The summed E-state index contributed by atoms with van der Waals surface area (Å²) in [6, 6.07) is 14.1. The predicted octanol–water partition coefficient (Wildman–Crippen LogP) is 5.27. The van der Waals surface area contributed by atoms with E-state index in [1.54, 1.807) is 17.8 Å². The SMILES string of the molecule is Cn1c(=O)n([C@H]2CCC(=O)NC2=O)c2ccc(COC3CCN(C4CCN(Cc5ccc(-c6c[nH]c7nc(NCCC(F)(F)F)ncc67)cc5)CC4)CC3)cc21. The molecule has 0 saturated carbocycles. The minimum Gasteiger partial charge on any atom is -0.373 e. The lowest BCUT2D eigenvalue weighted by atomic mass is 9.98. The Morgan fingerprint density at radius 2 is 1.68 bits per heavy atom. The van der Waals surface area contributed by atoms with Crippen LogP contribution in [0.1, 0.15) is 62.1 Å². The Morgan fingerprint density at radius 1 is 0.929 bits per heavy atom. The Labute approximate surface area is 321 Å². The molecule has 3 fully saturated rings. The number of ether oxygens (including phenoxy) is 1. The molecule has 296 valence electrons. The van der Waals surface area contributed by atoms with Crippen molar-refractivity contribution in [3.8, 4) is 11.1 Å². The van der Waals surface area contributed by atoms with Gasteiger partial charge in [0.1, 0.15) is 11.7 Å². The first kappa shape index (κ1) is 37.8. The number of likely N-dealkylation sites (tertiary alicyclic amines) is 2. The van der Waals surface area contributed by atoms with Gasteiger partial charge in [-0.1, -0.05) is 30.3 Å². The number of amides is 2.